The van der Waals surface area contributed by atoms with Crippen LogP contribution in [0.4, 0.5) is 43.7 Å². The van der Waals surface area contributed by atoms with Gasteiger partial charge in [0.15, 0.2) is 15.6 Å². The smallest absolute Gasteiger partial charge is 0.410 e. The summed E-state index contributed by atoms with van der Waals surface area (Å²) in [7, 11) is -8.38. The van der Waals surface area contributed by atoms with E-state index in [1.54, 1.807) is 46.5 Å². The molecule has 4 aromatic heterocycles. The molecule has 137 heavy (non-hydrogen) atoms. The van der Waals surface area contributed by atoms with Crippen molar-refractivity contribution in [1.29, 1.82) is 0 Å². The number of ether oxygens (including phenoxy) is 4. The number of nitro groups is 2. The highest BCUT2D eigenvalue weighted by Gasteiger charge is 2.36. The summed E-state index contributed by atoms with van der Waals surface area (Å²) in [5.74, 6) is -0.996. The zero-order valence-corrected chi connectivity index (χ0v) is 82.2. The fourth-order valence-corrected chi connectivity index (χ4v) is 20.1. The SMILES string of the molecule is CC(C)(C)OC(=O)N1CCC(CNc2ccc(S(N)(=O)=O)cc2[N+](=O)[O-])CC1.CC1(C)CCC(CN2CCN(c3ccc(C(=O)CS(=O)(=O)c4ccc(NCC5CCN(C(=O)OC(C)(C)C)CC5)c([N+](=O)[O-])c4)c(Oc4cnc5[nH]ccc5c4)c3)CC2)=C(c2ccc(Cl)cc2)C1.CC1(C)CCC(CN2CCN(c3ccc(C(=O)O)c(Oc4cnc5[nH]ccc5c4)c3)CC2)=C(c2ccc(Cl)cc2)C1. The average Bonchev–Trinajstić information content (AvgIpc) is 0.831. The fraction of sp³-hybridized carbons (Fsp3) is 0.426. The first-order valence-electron chi connectivity index (χ1n) is 46.3. The van der Waals surface area contributed by atoms with Crippen molar-refractivity contribution in [2.45, 2.75) is 154 Å². The number of amides is 2. The number of nitro benzene ring substituents is 2. The molecular weight excluding hydrogens is 1830 g/mol. The Morgan fingerprint density at radius 3 is 1.31 bits per heavy atom. The zero-order valence-electron chi connectivity index (χ0n) is 79.0. The Kier molecular flexibility index (Phi) is 31.5. The number of carbonyl (C=O) groups is 4. The number of allylic oxidation sites excluding steroid dienone is 2. The highest BCUT2D eigenvalue weighted by molar-refractivity contribution is 7.92. The van der Waals surface area contributed by atoms with Crippen LogP contribution in [0.3, 0.4) is 0 Å². The molecule has 16 rings (SSSR count). The van der Waals surface area contributed by atoms with Gasteiger partial charge in [0.1, 0.15) is 68.2 Å². The summed E-state index contributed by atoms with van der Waals surface area (Å²) in [6.07, 6.45) is 15.4. The molecule has 32 nitrogen and oxygen atoms in total. The number of Topliss-reactive ketones (excluding diaryl/α,β-unsaturated/α-hetero) is 1. The molecule has 0 radical (unpaired) electrons. The number of pyridine rings is 2. The molecule has 7 N–H and O–H groups in total. The third kappa shape index (κ3) is 27.0. The van der Waals surface area contributed by atoms with Gasteiger partial charge in [-0.3, -0.25) is 34.8 Å². The second-order valence-corrected chi connectivity index (χ2v) is 44.0. The van der Waals surface area contributed by atoms with Crippen LogP contribution >= 0.6 is 23.2 Å². The topological polar surface area (TPSA) is 407 Å². The molecular formula is C101H121Cl2N15O17S2. The van der Waals surface area contributed by atoms with Gasteiger partial charge in [-0.1, -0.05) is 86.3 Å². The van der Waals surface area contributed by atoms with Crippen molar-refractivity contribution in [1.82, 2.24) is 39.5 Å². The number of hydrogen-bond acceptors (Lipinski definition) is 24. The number of aromatic amines is 2. The van der Waals surface area contributed by atoms with Crippen LogP contribution in [0.25, 0.3) is 33.2 Å². The number of H-pyrrole nitrogens is 2. The van der Waals surface area contributed by atoms with Gasteiger partial charge in [-0.2, -0.15) is 0 Å². The number of nitrogens with zero attached hydrogens (tertiary/aromatic N) is 10. The predicted octanol–water partition coefficient (Wildman–Crippen LogP) is 20.2. The lowest BCUT2D eigenvalue weighted by molar-refractivity contribution is -0.384. The zero-order chi connectivity index (χ0) is 98.1. The number of benzene rings is 6. The van der Waals surface area contributed by atoms with E-state index in [0.29, 0.717) is 80.4 Å². The first kappa shape index (κ1) is 101. The van der Waals surface area contributed by atoms with Crippen molar-refractivity contribution in [3.05, 3.63) is 234 Å². The molecule has 4 fully saturated rings. The van der Waals surface area contributed by atoms with E-state index in [1.165, 1.54) is 70.3 Å². The lowest BCUT2D eigenvalue weighted by Crippen LogP contribution is -2.47. The molecule has 0 saturated carbocycles. The number of aromatic carboxylic acids is 1. The van der Waals surface area contributed by atoms with Gasteiger partial charge in [0.05, 0.1) is 37.6 Å². The number of ketones is 1. The van der Waals surface area contributed by atoms with Crippen molar-refractivity contribution < 1.29 is 69.9 Å². The highest BCUT2D eigenvalue weighted by Crippen LogP contribution is 2.47. The fourth-order valence-electron chi connectivity index (χ4n) is 18.1. The van der Waals surface area contributed by atoms with E-state index in [9.17, 15) is 61.3 Å². The summed E-state index contributed by atoms with van der Waals surface area (Å²) < 4.78 is 73.9. The Balaban J connectivity index is 0.000000183. The number of carboxylic acid groups (broad SMARTS) is 1. The number of fused-ring (bicyclic) bond motifs is 2. The van der Waals surface area contributed by atoms with E-state index in [1.807, 2.05) is 108 Å². The lowest BCUT2D eigenvalue weighted by Gasteiger charge is -2.39. The van der Waals surface area contributed by atoms with Crippen molar-refractivity contribution in [3.8, 4) is 23.0 Å². The number of piperidine rings is 2. The number of likely N-dealkylation sites (tertiary alicyclic amines) is 2. The third-order valence-corrected chi connectivity index (χ3v) is 28.8. The van der Waals surface area contributed by atoms with Gasteiger partial charge in [-0.05, 0) is 248 Å². The molecule has 4 aliphatic heterocycles. The van der Waals surface area contributed by atoms with Crippen LogP contribution in [-0.2, 0) is 29.3 Å². The monoisotopic (exact) mass is 1950 g/mol. The highest BCUT2D eigenvalue weighted by atomic mass is 35.5. The number of aromatic nitrogens is 4. The molecule has 6 aromatic carbocycles. The largest absolute Gasteiger partial charge is 0.478 e. The average molecular weight is 1950 g/mol. The number of hydrogen-bond donors (Lipinski definition) is 6. The van der Waals surface area contributed by atoms with Gasteiger partial charge in [0.2, 0.25) is 10.0 Å². The Hall–Kier alpha value is -12.2. The number of carboxylic acids is 1. The Morgan fingerprint density at radius 1 is 0.526 bits per heavy atom. The van der Waals surface area contributed by atoms with E-state index in [2.05, 4.69) is 102 Å². The minimum absolute atomic E-state index is 0.0533. The summed E-state index contributed by atoms with van der Waals surface area (Å²) in [6, 6.07) is 41.6. The van der Waals surface area contributed by atoms with E-state index < -0.39 is 64.1 Å². The third-order valence-electron chi connectivity index (χ3n) is 25.8. The molecule has 8 heterocycles. The summed E-state index contributed by atoms with van der Waals surface area (Å²) in [5.41, 5.74) is 10.8. The van der Waals surface area contributed by atoms with Crippen molar-refractivity contribution in [2.24, 2.45) is 27.8 Å². The van der Waals surface area contributed by atoms with E-state index in [-0.39, 0.29) is 73.2 Å². The number of sulfonamides is 1. The molecule has 0 atom stereocenters. The van der Waals surface area contributed by atoms with Gasteiger partial charge in [-0.25, -0.2) is 46.3 Å². The molecule has 36 heteroatoms. The van der Waals surface area contributed by atoms with Crippen molar-refractivity contribution in [2.75, 3.05) is 131 Å². The Labute approximate surface area is 808 Å². The first-order valence-corrected chi connectivity index (χ1v) is 50.3. The number of carbonyl (C=O) groups excluding carboxylic acids is 3. The van der Waals surface area contributed by atoms with Crippen LogP contribution in [0.5, 0.6) is 23.0 Å². The standard InChI is InChI=1S/C51H60ClN7O8S.C33H35ClN4O3.C17H26N4O6S/c1-50(2,3)67-49(61)58-20-16-34(17-21-58)30-54-44-13-11-41(28-45(44)59(62)63)68(64,65)33-46(60)42-12-10-39(27-47(42)66-40-26-36-15-19-53-48(36)55-31-40)57-24-22-56(23-25-57)32-37-14-18-51(4,5)29-43(37)35-6-8-38(52)9-7-35;1-33(2)11-9-24(29(19-33)22-3-5-25(34)6-4-22)21-37-13-15-38(16-14-37)26-7-8-28(32(39)40)30(18-26)41-27-17-23-10-12-35-31(23)36-20-27;1-17(2,3)27-16(22)20-8-6-12(7-9-20)11-19-14-5-4-13(28(18,25)26)10-15(14)21(23)24/h6-13,15,19,26-28,31,34,54H,14,16-18,20-25,29-30,32-33H2,1-5H3,(H,53,55);3-8,10,12,17-18,20H,9,11,13-16,19,21H2,1-2H3,(H,35,36)(H,39,40);4-5,10,12,19H,6-9,11H2,1-3H3,(H2,18,25,26). The number of nitrogens with one attached hydrogen (secondary N) is 4. The van der Waals surface area contributed by atoms with Crippen LogP contribution in [0.1, 0.15) is 165 Å². The van der Waals surface area contributed by atoms with Crippen LogP contribution in [-0.4, -0.2) is 217 Å². The molecule has 10 aromatic rings. The molecule has 0 bridgehead atoms. The quantitative estimate of drug-likeness (QED) is 0.0167. The summed E-state index contributed by atoms with van der Waals surface area (Å²) in [6.45, 7) is 31.8. The number of sulfone groups is 1. The second-order valence-electron chi connectivity index (χ2n) is 39.6. The number of halogens is 2. The van der Waals surface area contributed by atoms with Crippen molar-refractivity contribution >= 4 is 134 Å². The second kappa shape index (κ2) is 42.8. The van der Waals surface area contributed by atoms with Crippen LogP contribution in [0.15, 0.2) is 191 Å². The van der Waals surface area contributed by atoms with Crippen LogP contribution in [0, 0.1) is 42.9 Å². The van der Waals surface area contributed by atoms with E-state index in [4.69, 9.17) is 47.3 Å². The van der Waals surface area contributed by atoms with Gasteiger partial charge in [0, 0.05) is 174 Å². The van der Waals surface area contributed by atoms with Crippen molar-refractivity contribution in [3.63, 3.8) is 0 Å². The minimum Gasteiger partial charge on any atom is -0.478 e. The van der Waals surface area contributed by atoms with Gasteiger partial charge in [-0.15, -0.1) is 0 Å². The van der Waals surface area contributed by atoms with E-state index >= 15 is 0 Å². The van der Waals surface area contributed by atoms with Crippen LogP contribution < -0.4 is 35.0 Å². The number of primary sulfonamides is 1. The molecule has 728 valence electrons. The maximum atomic E-state index is 14.1. The number of nitrogens with two attached hydrogens (primary N) is 1. The summed E-state index contributed by atoms with van der Waals surface area (Å²) in [5, 5.41) is 47.7. The number of anilines is 4. The molecule has 4 saturated heterocycles. The number of rotatable bonds is 26. The van der Waals surface area contributed by atoms with Gasteiger partial charge >= 0.3 is 18.2 Å². The summed E-state index contributed by atoms with van der Waals surface area (Å²) >= 11 is 12.4. The predicted molar refractivity (Wildman–Crippen MR) is 533 cm³/mol. The van der Waals surface area contributed by atoms with E-state index in [0.717, 1.165) is 160 Å². The molecule has 0 unspecified atom stereocenters. The molecule has 0 spiro atoms. The Morgan fingerprint density at radius 2 is 0.920 bits per heavy atom. The Bertz CT molecular complexity index is 6400. The maximum absolute atomic E-state index is 14.1. The normalized spacial score (nSPS) is 17.1. The maximum Gasteiger partial charge on any atom is 0.410 e. The molecule has 2 amide bonds. The first-order chi connectivity index (χ1) is 64.9. The van der Waals surface area contributed by atoms with Gasteiger partial charge in [0.25, 0.3) is 11.4 Å². The van der Waals surface area contributed by atoms with Gasteiger partial charge < -0.3 is 64.3 Å². The minimum atomic E-state index is -4.36. The molecule has 2 aliphatic carbocycles. The van der Waals surface area contributed by atoms with Crippen LogP contribution in [0.2, 0.25) is 10.0 Å². The lowest BCUT2D eigenvalue weighted by atomic mass is 9.72. The summed E-state index contributed by atoms with van der Waals surface area (Å²) in [4.78, 5) is 100. The molecule has 6 aliphatic rings. The number of piperazine rings is 2.